The number of benzene rings is 1. The fraction of sp³-hybridized carbons (Fsp3) is 0.273. The van der Waals surface area contributed by atoms with Gasteiger partial charge in [0.2, 0.25) is 5.75 Å². The Morgan fingerprint density at radius 3 is 2.18 bits per heavy atom. The number of methoxy groups -OCH3 is 3. The number of urea groups is 1. The van der Waals surface area contributed by atoms with Crippen LogP contribution in [0.1, 0.15) is 5.56 Å². The smallest absolute Gasteiger partial charge is 0.319 e. The summed E-state index contributed by atoms with van der Waals surface area (Å²) in [5, 5.41) is 19.9. The van der Waals surface area contributed by atoms with Crippen molar-refractivity contribution in [2.75, 3.05) is 50.4 Å². The highest BCUT2D eigenvalue weighted by atomic mass is 16.5. The first-order valence-electron chi connectivity index (χ1n) is 10.1. The van der Waals surface area contributed by atoms with Gasteiger partial charge in [-0.1, -0.05) is 0 Å². The summed E-state index contributed by atoms with van der Waals surface area (Å²) in [6, 6.07) is 10.4. The van der Waals surface area contributed by atoms with Crippen molar-refractivity contribution >= 4 is 29.2 Å². The first-order valence-corrected chi connectivity index (χ1v) is 10.1. The van der Waals surface area contributed by atoms with E-state index in [-0.39, 0.29) is 6.03 Å². The zero-order chi connectivity index (χ0) is 23.6. The van der Waals surface area contributed by atoms with Crippen LogP contribution in [0.2, 0.25) is 0 Å². The van der Waals surface area contributed by atoms with E-state index >= 15 is 0 Å². The van der Waals surface area contributed by atoms with Gasteiger partial charge in [0.1, 0.15) is 11.6 Å². The molecule has 33 heavy (non-hydrogen) atoms. The second-order valence-corrected chi connectivity index (χ2v) is 6.87. The molecule has 0 aliphatic rings. The molecule has 2 amide bonds. The van der Waals surface area contributed by atoms with Crippen molar-refractivity contribution in [1.82, 2.24) is 20.5 Å². The fourth-order valence-corrected chi connectivity index (χ4v) is 2.92. The standard InChI is InChI=1S/C22H27N7O4/c1-14-7-8-23-20(11-14)27-19-6-5-18(28-29-19)24-9-10-25-22(30)26-15-12-16(31-2)21(33-4)17(13-15)32-3/h5-8,11-13H,9-10H2,1-4H3,(H,24,28)(H,23,27,29)(H2,25,26,30). The molecule has 4 N–H and O–H groups in total. The van der Waals surface area contributed by atoms with Crippen LogP contribution in [0.5, 0.6) is 17.2 Å². The molecule has 0 aliphatic carbocycles. The summed E-state index contributed by atoms with van der Waals surface area (Å²) in [5.41, 5.74) is 1.60. The van der Waals surface area contributed by atoms with Crippen molar-refractivity contribution in [3.63, 3.8) is 0 Å². The summed E-state index contributed by atoms with van der Waals surface area (Å²) in [4.78, 5) is 16.4. The molecule has 11 nitrogen and oxygen atoms in total. The maximum atomic E-state index is 12.2. The van der Waals surface area contributed by atoms with Crippen molar-refractivity contribution in [3.05, 3.63) is 48.2 Å². The molecule has 2 aromatic heterocycles. The SMILES string of the molecule is COc1cc(NC(=O)NCCNc2ccc(Nc3cc(C)ccn3)nn2)cc(OC)c1OC. The van der Waals surface area contributed by atoms with Crippen molar-refractivity contribution in [3.8, 4) is 17.2 Å². The number of carbonyl (C=O) groups is 1. The van der Waals surface area contributed by atoms with Crippen LogP contribution in [0.15, 0.2) is 42.6 Å². The minimum atomic E-state index is -0.373. The Morgan fingerprint density at radius 1 is 0.879 bits per heavy atom. The fourth-order valence-electron chi connectivity index (χ4n) is 2.92. The van der Waals surface area contributed by atoms with Gasteiger partial charge >= 0.3 is 6.03 Å². The minimum absolute atomic E-state index is 0.366. The average molecular weight is 454 g/mol. The van der Waals surface area contributed by atoms with E-state index in [2.05, 4.69) is 36.4 Å². The molecule has 0 saturated carbocycles. The molecule has 0 aliphatic heterocycles. The Labute approximate surface area is 191 Å². The highest BCUT2D eigenvalue weighted by molar-refractivity contribution is 5.90. The van der Waals surface area contributed by atoms with Gasteiger partial charge in [-0.25, -0.2) is 9.78 Å². The molecule has 0 saturated heterocycles. The van der Waals surface area contributed by atoms with Gasteiger partial charge < -0.3 is 35.5 Å². The van der Waals surface area contributed by atoms with Gasteiger partial charge in [0, 0.05) is 31.4 Å². The maximum Gasteiger partial charge on any atom is 0.319 e. The largest absolute Gasteiger partial charge is 0.493 e. The monoisotopic (exact) mass is 453 g/mol. The molecule has 0 spiro atoms. The number of rotatable bonds is 10. The second-order valence-electron chi connectivity index (χ2n) is 6.87. The van der Waals surface area contributed by atoms with Crippen LogP contribution >= 0.6 is 0 Å². The van der Waals surface area contributed by atoms with E-state index < -0.39 is 0 Å². The highest BCUT2D eigenvalue weighted by Gasteiger charge is 2.14. The van der Waals surface area contributed by atoms with E-state index in [0.29, 0.717) is 53.5 Å². The minimum Gasteiger partial charge on any atom is -0.493 e. The lowest BCUT2D eigenvalue weighted by molar-refractivity contribution is 0.252. The van der Waals surface area contributed by atoms with Gasteiger partial charge in [-0.05, 0) is 36.8 Å². The third-order valence-corrected chi connectivity index (χ3v) is 4.48. The number of hydrogen-bond acceptors (Lipinski definition) is 9. The number of ether oxygens (including phenoxy) is 3. The van der Waals surface area contributed by atoms with E-state index in [0.717, 1.165) is 5.56 Å². The van der Waals surface area contributed by atoms with Crippen LogP contribution in [-0.2, 0) is 0 Å². The van der Waals surface area contributed by atoms with Gasteiger partial charge in [-0.3, -0.25) is 0 Å². The summed E-state index contributed by atoms with van der Waals surface area (Å²) in [5.74, 6) is 3.22. The van der Waals surface area contributed by atoms with Crippen LogP contribution in [0.3, 0.4) is 0 Å². The molecule has 3 aromatic rings. The first kappa shape index (κ1) is 23.4. The lowest BCUT2D eigenvalue weighted by atomic mass is 10.2. The van der Waals surface area contributed by atoms with Crippen LogP contribution in [0.25, 0.3) is 0 Å². The van der Waals surface area contributed by atoms with Crippen molar-refractivity contribution in [2.24, 2.45) is 0 Å². The van der Waals surface area contributed by atoms with Gasteiger partial charge in [0.05, 0.1) is 27.0 Å². The molecule has 0 unspecified atom stereocenters. The summed E-state index contributed by atoms with van der Waals surface area (Å²) in [6.07, 6.45) is 1.73. The van der Waals surface area contributed by atoms with Crippen molar-refractivity contribution in [2.45, 2.75) is 6.92 Å². The Balaban J connectivity index is 1.45. The molecule has 3 rings (SSSR count). The number of nitrogens with zero attached hydrogens (tertiary/aromatic N) is 3. The zero-order valence-electron chi connectivity index (χ0n) is 18.9. The summed E-state index contributed by atoms with van der Waals surface area (Å²) >= 11 is 0. The molecule has 0 bridgehead atoms. The van der Waals surface area contributed by atoms with Crippen LogP contribution in [-0.4, -0.2) is 55.6 Å². The first-order chi connectivity index (χ1) is 16.0. The van der Waals surface area contributed by atoms with Crippen LogP contribution in [0.4, 0.5) is 27.9 Å². The molecule has 11 heteroatoms. The summed E-state index contributed by atoms with van der Waals surface area (Å²) in [7, 11) is 4.54. The Kier molecular flexibility index (Phi) is 8.06. The van der Waals surface area contributed by atoms with Gasteiger partial charge in [0.15, 0.2) is 17.3 Å². The third-order valence-electron chi connectivity index (χ3n) is 4.48. The number of aromatic nitrogens is 3. The summed E-state index contributed by atoms with van der Waals surface area (Å²) in [6.45, 7) is 2.82. The number of anilines is 4. The van der Waals surface area contributed by atoms with E-state index in [1.165, 1.54) is 21.3 Å². The van der Waals surface area contributed by atoms with E-state index in [4.69, 9.17) is 14.2 Å². The number of aryl methyl sites for hydroxylation is 1. The number of hydrogen-bond donors (Lipinski definition) is 4. The predicted molar refractivity (Wildman–Crippen MR) is 126 cm³/mol. The van der Waals surface area contributed by atoms with E-state index in [9.17, 15) is 4.79 Å². The zero-order valence-corrected chi connectivity index (χ0v) is 18.9. The topological polar surface area (TPSA) is 132 Å². The van der Waals surface area contributed by atoms with Crippen molar-refractivity contribution in [1.29, 1.82) is 0 Å². The molecular weight excluding hydrogens is 426 g/mol. The molecule has 0 fully saturated rings. The number of amides is 2. The lowest BCUT2D eigenvalue weighted by Gasteiger charge is -2.15. The second kappa shape index (κ2) is 11.4. The van der Waals surface area contributed by atoms with E-state index in [1.54, 1.807) is 30.5 Å². The predicted octanol–water partition coefficient (Wildman–Crippen LogP) is 3.18. The van der Waals surface area contributed by atoms with Gasteiger partial charge in [-0.2, -0.15) is 0 Å². The average Bonchev–Trinajstić information content (AvgIpc) is 2.82. The Bertz CT molecular complexity index is 1050. The third kappa shape index (κ3) is 6.60. The molecular formula is C22H27N7O4. The van der Waals surface area contributed by atoms with Crippen LogP contribution in [0, 0.1) is 6.92 Å². The molecule has 2 heterocycles. The highest BCUT2D eigenvalue weighted by Crippen LogP contribution is 2.39. The molecule has 0 atom stereocenters. The summed E-state index contributed by atoms with van der Waals surface area (Å²) < 4.78 is 15.9. The molecule has 174 valence electrons. The molecule has 0 radical (unpaired) electrons. The van der Waals surface area contributed by atoms with Gasteiger partial charge in [0.25, 0.3) is 0 Å². The van der Waals surface area contributed by atoms with Crippen LogP contribution < -0.4 is 35.5 Å². The number of pyridine rings is 1. The quantitative estimate of drug-likeness (QED) is 0.342. The Hall–Kier alpha value is -4.28. The normalized spacial score (nSPS) is 10.2. The van der Waals surface area contributed by atoms with E-state index in [1.807, 2.05) is 19.1 Å². The Morgan fingerprint density at radius 2 is 1.58 bits per heavy atom. The van der Waals surface area contributed by atoms with Crippen molar-refractivity contribution < 1.29 is 19.0 Å². The number of carbonyl (C=O) groups excluding carboxylic acids is 1. The molecule has 1 aromatic carbocycles. The van der Waals surface area contributed by atoms with Gasteiger partial charge in [-0.15, -0.1) is 10.2 Å². The maximum absolute atomic E-state index is 12.2. The number of nitrogens with one attached hydrogen (secondary N) is 4. The lowest BCUT2D eigenvalue weighted by Crippen LogP contribution is -2.32.